The molecule has 8 nitrogen and oxygen atoms in total. The maximum atomic E-state index is 12.6. The Morgan fingerprint density at radius 2 is 1.96 bits per heavy atom. The third-order valence-corrected chi connectivity index (χ3v) is 3.09. The first-order valence-electron chi connectivity index (χ1n) is 7.06. The number of rotatable bonds is 7. The monoisotopic (exact) mass is 354 g/mol. The van der Waals surface area contributed by atoms with E-state index in [1.165, 1.54) is 26.4 Å². The number of carbonyl (C=O) groups excluding carboxylic acids is 2. The van der Waals surface area contributed by atoms with Gasteiger partial charge in [0.2, 0.25) is 5.91 Å². The van der Waals surface area contributed by atoms with Crippen molar-refractivity contribution >= 4 is 23.2 Å². The summed E-state index contributed by atoms with van der Waals surface area (Å²) in [6.07, 6.45) is -2.77. The summed E-state index contributed by atoms with van der Waals surface area (Å²) < 4.78 is 34.9. The molecule has 2 amide bonds. The summed E-state index contributed by atoms with van der Waals surface area (Å²) in [5, 5.41) is 10.7. The normalized spacial score (nSPS) is 10.6. The molecule has 0 atom stereocenters. The summed E-state index contributed by atoms with van der Waals surface area (Å²) >= 11 is 0. The Labute approximate surface area is 141 Å². The van der Waals surface area contributed by atoms with Crippen molar-refractivity contribution in [3.8, 4) is 5.75 Å². The third kappa shape index (κ3) is 4.73. The van der Waals surface area contributed by atoms with Crippen molar-refractivity contribution in [3.05, 3.63) is 35.7 Å². The summed E-state index contributed by atoms with van der Waals surface area (Å²) in [4.78, 5) is 23.9. The van der Waals surface area contributed by atoms with Crippen LogP contribution >= 0.6 is 0 Å². The van der Waals surface area contributed by atoms with Crippen LogP contribution in [-0.2, 0) is 9.53 Å². The summed E-state index contributed by atoms with van der Waals surface area (Å²) in [6, 6.07) is 5.53. The predicted molar refractivity (Wildman–Crippen MR) is 85.0 cm³/mol. The lowest BCUT2D eigenvalue weighted by atomic mass is 10.2. The van der Waals surface area contributed by atoms with E-state index in [4.69, 9.17) is 9.47 Å². The van der Waals surface area contributed by atoms with Gasteiger partial charge in [0.15, 0.2) is 5.69 Å². The van der Waals surface area contributed by atoms with Crippen LogP contribution in [0.15, 0.2) is 24.3 Å². The summed E-state index contributed by atoms with van der Waals surface area (Å²) in [5.41, 5.74) is -0.173. The molecule has 0 aliphatic carbocycles. The van der Waals surface area contributed by atoms with Crippen molar-refractivity contribution in [2.75, 3.05) is 31.5 Å². The van der Waals surface area contributed by atoms with Crippen LogP contribution in [0.2, 0.25) is 0 Å². The quantitative estimate of drug-likeness (QED) is 0.707. The van der Waals surface area contributed by atoms with Crippen LogP contribution in [0.5, 0.6) is 5.75 Å². The molecule has 0 saturated carbocycles. The van der Waals surface area contributed by atoms with Gasteiger partial charge >= 0.3 is 0 Å². The highest BCUT2D eigenvalue weighted by Crippen LogP contribution is 2.28. The Kier molecular flexibility index (Phi) is 6.01. The van der Waals surface area contributed by atoms with Gasteiger partial charge in [-0.1, -0.05) is 0 Å². The van der Waals surface area contributed by atoms with E-state index < -0.39 is 23.9 Å². The van der Waals surface area contributed by atoms with Crippen LogP contribution in [0.1, 0.15) is 22.6 Å². The molecule has 1 aromatic carbocycles. The first kappa shape index (κ1) is 18.3. The van der Waals surface area contributed by atoms with Gasteiger partial charge in [-0.15, -0.1) is 0 Å². The largest absolute Gasteiger partial charge is 0.497 e. The minimum absolute atomic E-state index is 0.170. The molecule has 0 fully saturated rings. The first-order valence-corrected chi connectivity index (χ1v) is 7.06. The highest BCUT2D eigenvalue weighted by Gasteiger charge is 2.17. The number of aromatic nitrogens is 2. The van der Waals surface area contributed by atoms with Crippen molar-refractivity contribution in [1.82, 2.24) is 10.2 Å². The molecule has 0 radical (unpaired) electrons. The Morgan fingerprint density at radius 1 is 1.20 bits per heavy atom. The number of ether oxygens (including phenoxy) is 2. The van der Waals surface area contributed by atoms with Crippen LogP contribution < -0.4 is 15.4 Å². The fourth-order valence-electron chi connectivity index (χ4n) is 1.93. The van der Waals surface area contributed by atoms with Crippen molar-refractivity contribution in [1.29, 1.82) is 0 Å². The van der Waals surface area contributed by atoms with E-state index in [0.717, 1.165) is 6.07 Å². The van der Waals surface area contributed by atoms with Crippen LogP contribution in [0.4, 0.5) is 20.2 Å². The molecule has 0 aliphatic rings. The van der Waals surface area contributed by atoms with Crippen LogP contribution in [0.3, 0.4) is 0 Å². The zero-order valence-corrected chi connectivity index (χ0v) is 13.4. The Balaban J connectivity index is 2.22. The number of amides is 2. The first-order chi connectivity index (χ1) is 11.9. The topological polar surface area (TPSA) is 105 Å². The van der Waals surface area contributed by atoms with Crippen molar-refractivity contribution < 1.29 is 27.8 Å². The molecule has 25 heavy (non-hydrogen) atoms. The van der Waals surface area contributed by atoms with E-state index in [2.05, 4.69) is 20.8 Å². The number of nitrogens with zero attached hydrogens (tertiary/aromatic N) is 1. The van der Waals surface area contributed by atoms with E-state index in [-0.39, 0.29) is 18.0 Å². The van der Waals surface area contributed by atoms with Gasteiger partial charge in [0.1, 0.15) is 18.1 Å². The highest BCUT2D eigenvalue weighted by molar-refractivity contribution is 6.06. The smallest absolute Gasteiger partial charge is 0.279 e. The number of aromatic amines is 1. The molecule has 1 aromatic heterocycles. The van der Waals surface area contributed by atoms with Gasteiger partial charge in [0, 0.05) is 13.2 Å². The molecule has 2 aromatic rings. The number of hydrogen-bond acceptors (Lipinski definition) is 5. The molecule has 10 heteroatoms. The highest BCUT2D eigenvalue weighted by atomic mass is 19.3. The Morgan fingerprint density at radius 3 is 2.56 bits per heavy atom. The Hall–Kier alpha value is -3.01. The van der Waals surface area contributed by atoms with Crippen molar-refractivity contribution in [2.45, 2.75) is 6.43 Å². The van der Waals surface area contributed by atoms with Crippen LogP contribution in [-0.4, -0.2) is 42.8 Å². The van der Waals surface area contributed by atoms with Crippen molar-refractivity contribution in [3.63, 3.8) is 0 Å². The standard InChI is InChI=1S/C15H16F2N4O4/c1-24-7-13(22)18-9-4-3-8(25-2)5-10(9)19-15(23)12-6-11(14(16)17)20-21-12/h3-6,14H,7H2,1-2H3,(H,18,22)(H,19,23)(H,20,21). The average molecular weight is 354 g/mol. The maximum Gasteiger partial charge on any atom is 0.279 e. The molecule has 134 valence electrons. The minimum atomic E-state index is -2.77. The molecule has 3 N–H and O–H groups in total. The lowest BCUT2D eigenvalue weighted by Crippen LogP contribution is -2.20. The molecule has 2 rings (SSSR count). The second-order valence-electron chi connectivity index (χ2n) is 4.86. The molecule has 0 unspecified atom stereocenters. The number of alkyl halides is 2. The molecule has 0 aliphatic heterocycles. The molecule has 1 heterocycles. The fraction of sp³-hybridized carbons (Fsp3) is 0.267. The van der Waals surface area contributed by atoms with E-state index in [1.54, 1.807) is 6.07 Å². The lowest BCUT2D eigenvalue weighted by molar-refractivity contribution is -0.119. The van der Waals surface area contributed by atoms with Gasteiger partial charge in [-0.2, -0.15) is 5.10 Å². The predicted octanol–water partition coefficient (Wildman–Crippen LogP) is 2.19. The van der Waals surface area contributed by atoms with Crippen molar-refractivity contribution in [2.24, 2.45) is 0 Å². The van der Waals surface area contributed by atoms with Crippen LogP contribution in [0.25, 0.3) is 0 Å². The van der Waals surface area contributed by atoms with Gasteiger partial charge in [-0.25, -0.2) is 8.78 Å². The maximum absolute atomic E-state index is 12.6. The zero-order valence-electron chi connectivity index (χ0n) is 13.4. The second kappa shape index (κ2) is 8.20. The van der Waals surface area contributed by atoms with Gasteiger partial charge < -0.3 is 20.1 Å². The number of benzene rings is 1. The van der Waals surface area contributed by atoms with E-state index in [9.17, 15) is 18.4 Å². The Bertz CT molecular complexity index is 764. The van der Waals surface area contributed by atoms with E-state index >= 15 is 0 Å². The molecule has 0 saturated heterocycles. The minimum Gasteiger partial charge on any atom is -0.497 e. The fourth-order valence-corrected chi connectivity index (χ4v) is 1.93. The van der Waals surface area contributed by atoms with E-state index in [1.807, 2.05) is 0 Å². The third-order valence-electron chi connectivity index (χ3n) is 3.09. The molecule has 0 bridgehead atoms. The number of hydrogen-bond donors (Lipinski definition) is 3. The molecule has 0 spiro atoms. The summed E-state index contributed by atoms with van der Waals surface area (Å²) in [7, 11) is 2.81. The molecular formula is C15H16F2N4O4. The second-order valence-corrected chi connectivity index (χ2v) is 4.86. The number of halogens is 2. The number of nitrogens with one attached hydrogen (secondary N) is 3. The zero-order chi connectivity index (χ0) is 18.4. The lowest BCUT2D eigenvalue weighted by Gasteiger charge is -2.13. The average Bonchev–Trinajstić information content (AvgIpc) is 3.07. The number of methoxy groups -OCH3 is 2. The van der Waals surface area contributed by atoms with Gasteiger partial charge in [-0.3, -0.25) is 14.7 Å². The number of carbonyl (C=O) groups is 2. The SMILES string of the molecule is COCC(=O)Nc1ccc(OC)cc1NC(=O)c1cc(C(F)F)[nH]n1. The van der Waals surface area contributed by atoms with E-state index in [0.29, 0.717) is 11.4 Å². The number of anilines is 2. The van der Waals surface area contributed by atoms with Gasteiger partial charge in [0.25, 0.3) is 12.3 Å². The van der Waals surface area contributed by atoms with Gasteiger partial charge in [-0.05, 0) is 18.2 Å². The van der Waals surface area contributed by atoms with Gasteiger partial charge in [0.05, 0.1) is 18.5 Å². The molecular weight excluding hydrogens is 338 g/mol. The number of H-pyrrole nitrogens is 1. The van der Waals surface area contributed by atoms with Crippen LogP contribution in [0, 0.1) is 0 Å². The summed E-state index contributed by atoms with van der Waals surface area (Å²) in [5.74, 6) is -0.725. The summed E-state index contributed by atoms with van der Waals surface area (Å²) in [6.45, 7) is -0.170.